The van der Waals surface area contributed by atoms with Crippen LogP contribution in [-0.4, -0.2) is 28.4 Å². The highest BCUT2D eigenvalue weighted by atomic mass is 32.1. The number of carbonyl (C=O) groups is 1. The highest BCUT2D eigenvalue weighted by Gasteiger charge is 2.26. The fourth-order valence-electron chi connectivity index (χ4n) is 2.54. The van der Waals surface area contributed by atoms with E-state index in [1.54, 1.807) is 0 Å². The predicted octanol–water partition coefficient (Wildman–Crippen LogP) is 2.96. The summed E-state index contributed by atoms with van der Waals surface area (Å²) in [6.45, 7) is 5.08. The van der Waals surface area contributed by atoms with Gasteiger partial charge in [-0.15, -0.1) is 11.3 Å². The van der Waals surface area contributed by atoms with Crippen LogP contribution in [0.5, 0.6) is 0 Å². The van der Waals surface area contributed by atoms with Crippen molar-refractivity contribution >= 4 is 17.2 Å². The van der Waals surface area contributed by atoms with Gasteiger partial charge in [-0.3, -0.25) is 4.79 Å². The van der Waals surface area contributed by atoms with Crippen molar-refractivity contribution in [1.82, 2.24) is 9.88 Å². The van der Waals surface area contributed by atoms with Gasteiger partial charge < -0.3 is 10.6 Å². The van der Waals surface area contributed by atoms with Crippen LogP contribution in [0.2, 0.25) is 0 Å². The Morgan fingerprint density at radius 1 is 1.63 bits per heavy atom. The van der Waals surface area contributed by atoms with Crippen LogP contribution >= 0.6 is 11.3 Å². The Labute approximate surface area is 119 Å². The van der Waals surface area contributed by atoms with Gasteiger partial charge in [0.25, 0.3) is 5.91 Å². The predicted molar refractivity (Wildman–Crippen MR) is 78.3 cm³/mol. The lowest BCUT2D eigenvalue weighted by Gasteiger charge is -2.32. The van der Waals surface area contributed by atoms with E-state index in [0.717, 1.165) is 37.2 Å². The van der Waals surface area contributed by atoms with E-state index in [9.17, 15) is 4.79 Å². The molecule has 0 radical (unpaired) electrons. The highest BCUT2D eigenvalue weighted by Crippen LogP contribution is 2.23. The summed E-state index contributed by atoms with van der Waals surface area (Å²) in [6, 6.07) is 0.297. The second-order valence-electron chi connectivity index (χ2n) is 5.31. The first kappa shape index (κ1) is 14.5. The van der Waals surface area contributed by atoms with Gasteiger partial charge in [-0.25, -0.2) is 4.98 Å². The molecule has 2 N–H and O–H groups in total. The monoisotopic (exact) mass is 281 g/mol. The van der Waals surface area contributed by atoms with E-state index in [2.05, 4.69) is 18.8 Å². The van der Waals surface area contributed by atoms with Crippen LogP contribution in [-0.2, 0) is 0 Å². The Hall–Kier alpha value is -0.940. The summed E-state index contributed by atoms with van der Waals surface area (Å²) in [4.78, 5) is 18.8. The summed E-state index contributed by atoms with van der Waals surface area (Å²) >= 11 is 1.51. The Balaban J connectivity index is 2.07. The number of rotatable bonds is 4. The molecule has 0 saturated carbocycles. The number of hydrogen-bond donors (Lipinski definition) is 1. The smallest absolute Gasteiger partial charge is 0.273 e. The average Bonchev–Trinajstić information content (AvgIpc) is 2.88. The third-order valence-electron chi connectivity index (χ3n) is 3.72. The first-order valence-corrected chi connectivity index (χ1v) is 8.03. The number of nitrogens with two attached hydrogens (primary N) is 1. The third-order valence-corrected chi connectivity index (χ3v) is 4.70. The minimum absolute atomic E-state index is 0.0321. The minimum atomic E-state index is -0.0321. The minimum Gasteiger partial charge on any atom is -0.335 e. The molecule has 106 valence electrons. The molecule has 4 nitrogen and oxygen atoms in total. The van der Waals surface area contributed by atoms with Crippen LogP contribution in [0.3, 0.4) is 0 Å². The summed E-state index contributed by atoms with van der Waals surface area (Å²) in [5, 5.41) is 2.74. The Morgan fingerprint density at radius 2 is 2.42 bits per heavy atom. The van der Waals surface area contributed by atoms with Crippen molar-refractivity contribution in [2.24, 2.45) is 5.73 Å². The zero-order chi connectivity index (χ0) is 13.8. The first-order valence-electron chi connectivity index (χ1n) is 7.15. The normalized spacial score (nSPS) is 21.4. The molecule has 2 atom stereocenters. The maximum absolute atomic E-state index is 12.4. The number of amides is 1. The summed E-state index contributed by atoms with van der Waals surface area (Å²) in [5.41, 5.74) is 6.62. The van der Waals surface area contributed by atoms with E-state index in [1.165, 1.54) is 17.8 Å². The van der Waals surface area contributed by atoms with E-state index in [0.29, 0.717) is 11.7 Å². The summed E-state index contributed by atoms with van der Waals surface area (Å²) in [5.74, 6) is 0.0680. The van der Waals surface area contributed by atoms with E-state index in [1.807, 2.05) is 10.3 Å². The van der Waals surface area contributed by atoms with Crippen molar-refractivity contribution in [3.8, 4) is 0 Å². The molecule has 2 unspecified atom stereocenters. The SMILES string of the molecule is CCCC(N)c1nc(C(=O)N2CCCCC2C)cs1. The molecule has 19 heavy (non-hydrogen) atoms. The van der Waals surface area contributed by atoms with Crippen molar-refractivity contribution in [3.63, 3.8) is 0 Å². The van der Waals surface area contributed by atoms with Crippen molar-refractivity contribution < 1.29 is 4.79 Å². The van der Waals surface area contributed by atoms with Crippen LogP contribution in [0.15, 0.2) is 5.38 Å². The van der Waals surface area contributed by atoms with E-state index >= 15 is 0 Å². The molecular formula is C14H23N3OS. The molecule has 1 aliphatic heterocycles. The van der Waals surface area contributed by atoms with E-state index in [-0.39, 0.29) is 11.9 Å². The maximum atomic E-state index is 12.4. The fourth-order valence-corrected chi connectivity index (χ4v) is 3.37. The lowest BCUT2D eigenvalue weighted by Crippen LogP contribution is -2.42. The molecule has 1 aromatic rings. The van der Waals surface area contributed by atoms with E-state index < -0.39 is 0 Å². The number of carbonyl (C=O) groups excluding carboxylic acids is 1. The van der Waals surface area contributed by atoms with E-state index in [4.69, 9.17) is 5.73 Å². The zero-order valence-corrected chi connectivity index (χ0v) is 12.6. The lowest BCUT2D eigenvalue weighted by atomic mass is 10.0. The summed E-state index contributed by atoms with van der Waals surface area (Å²) in [6.07, 6.45) is 5.36. The molecule has 0 aliphatic carbocycles. The van der Waals surface area contributed by atoms with Crippen molar-refractivity contribution in [3.05, 3.63) is 16.1 Å². The second kappa shape index (κ2) is 6.48. The molecule has 2 heterocycles. The van der Waals surface area contributed by atoms with Crippen LogP contribution in [0, 0.1) is 0 Å². The standard InChI is InChI=1S/C14H23N3OS/c1-3-6-11(15)13-16-12(9-19-13)14(18)17-8-5-4-7-10(17)2/h9-11H,3-8,15H2,1-2H3. The summed E-state index contributed by atoms with van der Waals surface area (Å²) < 4.78 is 0. The van der Waals surface area contributed by atoms with Gasteiger partial charge in [0.05, 0.1) is 6.04 Å². The Bertz CT molecular complexity index is 432. The fraction of sp³-hybridized carbons (Fsp3) is 0.714. The molecule has 1 fully saturated rings. The van der Waals surface area contributed by atoms with Gasteiger partial charge in [-0.1, -0.05) is 13.3 Å². The lowest BCUT2D eigenvalue weighted by molar-refractivity contribution is 0.0630. The van der Waals surface area contributed by atoms with Crippen molar-refractivity contribution in [1.29, 1.82) is 0 Å². The molecular weight excluding hydrogens is 258 g/mol. The highest BCUT2D eigenvalue weighted by molar-refractivity contribution is 7.09. The molecule has 2 rings (SSSR count). The van der Waals surface area contributed by atoms with Gasteiger partial charge in [0.15, 0.2) is 0 Å². The molecule has 1 saturated heterocycles. The Morgan fingerprint density at radius 3 is 3.11 bits per heavy atom. The molecule has 0 spiro atoms. The number of thiazole rings is 1. The maximum Gasteiger partial charge on any atom is 0.273 e. The molecule has 1 amide bonds. The van der Waals surface area contributed by atoms with Crippen molar-refractivity contribution in [2.45, 2.75) is 58.0 Å². The van der Waals surface area contributed by atoms with Crippen LogP contribution in [0.25, 0.3) is 0 Å². The van der Waals surface area contributed by atoms with Gasteiger partial charge >= 0.3 is 0 Å². The molecule has 0 bridgehead atoms. The van der Waals surface area contributed by atoms with Gasteiger partial charge in [0.2, 0.25) is 0 Å². The number of hydrogen-bond acceptors (Lipinski definition) is 4. The number of likely N-dealkylation sites (tertiary alicyclic amines) is 1. The molecule has 1 aliphatic rings. The van der Waals surface area contributed by atoms with Crippen LogP contribution in [0.1, 0.15) is 67.5 Å². The zero-order valence-electron chi connectivity index (χ0n) is 11.8. The number of piperidine rings is 1. The van der Waals surface area contributed by atoms with Crippen LogP contribution in [0.4, 0.5) is 0 Å². The average molecular weight is 281 g/mol. The van der Waals surface area contributed by atoms with Gasteiger partial charge in [0.1, 0.15) is 10.7 Å². The molecule has 5 heteroatoms. The van der Waals surface area contributed by atoms with Crippen molar-refractivity contribution in [2.75, 3.05) is 6.54 Å². The Kier molecular flexibility index (Phi) is 4.93. The topological polar surface area (TPSA) is 59.2 Å². The molecule has 0 aromatic carbocycles. The quantitative estimate of drug-likeness (QED) is 0.923. The van der Waals surface area contributed by atoms with Gasteiger partial charge in [-0.2, -0.15) is 0 Å². The van der Waals surface area contributed by atoms with Gasteiger partial charge in [0, 0.05) is 18.0 Å². The third kappa shape index (κ3) is 3.34. The van der Waals surface area contributed by atoms with Crippen LogP contribution < -0.4 is 5.73 Å². The first-order chi connectivity index (χ1) is 9.13. The van der Waals surface area contributed by atoms with Gasteiger partial charge in [-0.05, 0) is 32.6 Å². The second-order valence-corrected chi connectivity index (χ2v) is 6.20. The summed E-state index contributed by atoms with van der Waals surface area (Å²) in [7, 11) is 0. The largest absolute Gasteiger partial charge is 0.335 e. The number of aromatic nitrogens is 1. The number of nitrogens with zero attached hydrogens (tertiary/aromatic N) is 2. The molecule has 1 aromatic heterocycles.